The largest absolute Gasteiger partial charge is 0.444 e. The van der Waals surface area contributed by atoms with Crippen molar-refractivity contribution in [3.05, 3.63) is 0 Å². The molecule has 1 fully saturated rings. The van der Waals surface area contributed by atoms with Gasteiger partial charge < -0.3 is 39.7 Å². The van der Waals surface area contributed by atoms with Gasteiger partial charge in [-0.25, -0.2) is 9.59 Å². The summed E-state index contributed by atoms with van der Waals surface area (Å²) in [4.78, 5) is 43.2. The number of likely N-dealkylation sites (tertiary alicyclic amines) is 1. The Bertz CT molecular complexity index is 745. The predicted octanol–water partition coefficient (Wildman–Crippen LogP) is -0.980. The molecule has 5 N–H and O–H groups in total. The van der Waals surface area contributed by atoms with Crippen LogP contribution in [0.25, 0.3) is 0 Å². The first-order chi connectivity index (χ1) is 14.9. The van der Waals surface area contributed by atoms with Crippen molar-refractivity contribution >= 4 is 24.1 Å². The van der Waals surface area contributed by atoms with Gasteiger partial charge in [0.05, 0.1) is 19.2 Å². The Morgan fingerprint density at radius 1 is 1.03 bits per heavy atom. The summed E-state index contributed by atoms with van der Waals surface area (Å²) in [5.41, 5.74) is -1.70. The second kappa shape index (κ2) is 11.1. The van der Waals surface area contributed by atoms with Gasteiger partial charge in [-0.15, -0.1) is 4.99 Å². The quantitative estimate of drug-likeness (QED) is 0.251. The number of guanidine groups is 1. The molecule has 0 radical (unpaired) electrons. The van der Waals surface area contributed by atoms with E-state index in [0.717, 1.165) is 9.80 Å². The van der Waals surface area contributed by atoms with E-state index < -0.39 is 66.8 Å². The Kier molecular flexibility index (Phi) is 9.60. The molecule has 0 spiro atoms. The van der Waals surface area contributed by atoms with E-state index in [1.54, 1.807) is 41.5 Å². The molecular weight excluding hydrogens is 440 g/mol. The minimum absolute atomic E-state index is 0.339. The highest BCUT2D eigenvalue weighted by molar-refractivity contribution is 6.00. The summed E-state index contributed by atoms with van der Waals surface area (Å²) in [6, 6.07) is -1.16. The van der Waals surface area contributed by atoms with Gasteiger partial charge in [-0.05, 0) is 41.5 Å². The van der Waals surface area contributed by atoms with Crippen LogP contribution >= 0.6 is 0 Å². The molecule has 0 unspecified atom stereocenters. The van der Waals surface area contributed by atoms with E-state index in [2.05, 4.69) is 10.3 Å². The van der Waals surface area contributed by atoms with Crippen LogP contribution in [0.2, 0.25) is 0 Å². The van der Waals surface area contributed by atoms with Crippen molar-refractivity contribution in [3.8, 4) is 0 Å². The lowest BCUT2D eigenvalue weighted by Gasteiger charge is -2.43. The lowest BCUT2D eigenvalue weighted by molar-refractivity contribution is -0.166. The van der Waals surface area contributed by atoms with Crippen LogP contribution in [0.1, 0.15) is 41.5 Å². The number of ether oxygens (including phenoxy) is 2. The van der Waals surface area contributed by atoms with Crippen molar-refractivity contribution in [2.24, 2.45) is 4.99 Å². The van der Waals surface area contributed by atoms with Crippen molar-refractivity contribution < 1.29 is 44.3 Å². The zero-order valence-electron chi connectivity index (χ0n) is 20.1. The molecule has 0 aromatic rings. The third-order valence-corrected chi connectivity index (χ3v) is 4.37. The predicted molar refractivity (Wildman–Crippen MR) is 116 cm³/mol. The van der Waals surface area contributed by atoms with Gasteiger partial charge >= 0.3 is 12.2 Å². The summed E-state index contributed by atoms with van der Waals surface area (Å²) in [7, 11) is 1.36. The molecule has 0 aromatic heterocycles. The van der Waals surface area contributed by atoms with Crippen LogP contribution in [0.4, 0.5) is 9.59 Å². The number of carbonyl (C=O) groups is 3. The topological polar surface area (TPSA) is 181 Å². The molecule has 13 nitrogen and oxygen atoms in total. The number of aliphatic imine (C=N–C) groups is 1. The van der Waals surface area contributed by atoms with E-state index in [9.17, 15) is 34.8 Å². The second-order valence-corrected chi connectivity index (χ2v) is 9.74. The SMILES string of the molecule is CN(CC(=O)N1C[C@@H](O)[C@@H](O)[C@H](O)[C@H]1CO)C(=NC(=O)OC(C)(C)C)NC(=O)OC(C)(C)C. The van der Waals surface area contributed by atoms with Crippen LogP contribution in [-0.2, 0) is 14.3 Å². The smallest absolute Gasteiger partial charge is 0.437 e. The number of amides is 3. The third kappa shape index (κ3) is 9.12. The lowest BCUT2D eigenvalue weighted by Crippen LogP contribution is -2.65. The van der Waals surface area contributed by atoms with E-state index >= 15 is 0 Å². The molecule has 33 heavy (non-hydrogen) atoms. The Morgan fingerprint density at radius 2 is 1.58 bits per heavy atom. The monoisotopic (exact) mass is 476 g/mol. The van der Waals surface area contributed by atoms with Crippen molar-refractivity contribution in [1.82, 2.24) is 15.1 Å². The number of carbonyl (C=O) groups excluding carboxylic acids is 3. The summed E-state index contributed by atoms with van der Waals surface area (Å²) in [5, 5.41) is 41.7. The Morgan fingerprint density at radius 3 is 2.06 bits per heavy atom. The van der Waals surface area contributed by atoms with Crippen LogP contribution in [0.15, 0.2) is 4.99 Å². The fraction of sp³-hybridized carbons (Fsp3) is 0.800. The fourth-order valence-electron chi connectivity index (χ4n) is 2.92. The number of aliphatic hydroxyl groups excluding tert-OH is 4. The number of piperidine rings is 1. The highest BCUT2D eigenvalue weighted by Gasteiger charge is 2.43. The lowest BCUT2D eigenvalue weighted by atomic mass is 9.94. The van der Waals surface area contributed by atoms with Gasteiger partial charge in [0, 0.05) is 13.6 Å². The van der Waals surface area contributed by atoms with Crippen molar-refractivity contribution in [3.63, 3.8) is 0 Å². The average molecular weight is 477 g/mol. The molecule has 1 rings (SSSR count). The summed E-state index contributed by atoms with van der Waals surface area (Å²) in [6.07, 6.45) is -6.46. The molecule has 1 aliphatic heterocycles. The number of nitrogens with one attached hydrogen (secondary N) is 1. The van der Waals surface area contributed by atoms with Crippen molar-refractivity contribution in [2.75, 3.05) is 26.7 Å². The molecule has 0 bridgehead atoms. The number of likely N-dealkylation sites (N-methyl/N-ethyl adjacent to an activating group) is 1. The fourth-order valence-corrected chi connectivity index (χ4v) is 2.92. The highest BCUT2D eigenvalue weighted by Crippen LogP contribution is 2.19. The minimum Gasteiger partial charge on any atom is -0.444 e. The van der Waals surface area contributed by atoms with Gasteiger partial charge in [-0.2, -0.15) is 0 Å². The van der Waals surface area contributed by atoms with Crippen molar-refractivity contribution in [2.45, 2.75) is 77.1 Å². The molecule has 1 heterocycles. The van der Waals surface area contributed by atoms with E-state index in [0.29, 0.717) is 0 Å². The minimum atomic E-state index is -1.57. The van der Waals surface area contributed by atoms with Crippen molar-refractivity contribution in [1.29, 1.82) is 0 Å². The molecular formula is C20H36N4O9. The molecule has 0 saturated carbocycles. The number of rotatable bonds is 3. The van der Waals surface area contributed by atoms with Gasteiger partial charge in [0.2, 0.25) is 11.9 Å². The number of β-amino-alcohol motifs (C(OH)–C–C–N with tert-alkyl or cyclic N) is 1. The van der Waals surface area contributed by atoms with Gasteiger partial charge in [0.25, 0.3) is 0 Å². The number of nitrogens with zero attached hydrogens (tertiary/aromatic N) is 3. The van der Waals surface area contributed by atoms with E-state index in [1.165, 1.54) is 7.05 Å². The van der Waals surface area contributed by atoms with Crippen LogP contribution in [0.5, 0.6) is 0 Å². The second-order valence-electron chi connectivity index (χ2n) is 9.74. The molecule has 4 atom stereocenters. The molecule has 1 saturated heterocycles. The zero-order chi connectivity index (χ0) is 25.7. The summed E-state index contributed by atoms with van der Waals surface area (Å²) >= 11 is 0. The molecule has 0 aliphatic carbocycles. The van der Waals surface area contributed by atoms with Gasteiger partial charge in [-0.3, -0.25) is 10.1 Å². The molecule has 1 aliphatic rings. The maximum absolute atomic E-state index is 12.9. The Labute approximate surface area is 193 Å². The summed E-state index contributed by atoms with van der Waals surface area (Å²) < 4.78 is 10.3. The first kappa shape index (κ1) is 28.6. The van der Waals surface area contributed by atoms with Gasteiger partial charge in [0.15, 0.2) is 0 Å². The highest BCUT2D eigenvalue weighted by atomic mass is 16.6. The molecule has 190 valence electrons. The summed E-state index contributed by atoms with van der Waals surface area (Å²) in [5.74, 6) is -1.02. The maximum Gasteiger partial charge on any atom is 0.437 e. The third-order valence-electron chi connectivity index (χ3n) is 4.37. The van der Waals surface area contributed by atoms with Crippen LogP contribution in [0, 0.1) is 0 Å². The first-order valence-electron chi connectivity index (χ1n) is 10.4. The zero-order valence-corrected chi connectivity index (χ0v) is 20.1. The standard InChI is InChI=1S/C20H36N4O9/c1-19(2,3)32-17(30)21-16(22-18(31)33-20(4,5)6)23(7)9-13(27)24-8-12(26)15(29)14(28)11(24)10-25/h11-12,14-15,25-26,28-29H,8-10H2,1-7H3,(H,21,22,30,31)/t11-,12-,14-,15-/m1/s1. The summed E-state index contributed by atoms with van der Waals surface area (Å²) in [6.45, 7) is 8.34. The number of aliphatic hydroxyl groups is 4. The molecule has 3 amide bonds. The average Bonchev–Trinajstić information content (AvgIpc) is 2.62. The van der Waals surface area contributed by atoms with Crippen LogP contribution in [-0.4, -0.2) is 117 Å². The maximum atomic E-state index is 12.9. The van der Waals surface area contributed by atoms with E-state index in [-0.39, 0.29) is 12.5 Å². The Balaban J connectivity index is 3.08. The number of hydrogen-bond donors (Lipinski definition) is 5. The Hall–Kier alpha value is -2.48. The first-order valence-corrected chi connectivity index (χ1v) is 10.4. The van der Waals surface area contributed by atoms with E-state index in [1.807, 2.05) is 0 Å². The van der Waals surface area contributed by atoms with Crippen LogP contribution < -0.4 is 5.32 Å². The van der Waals surface area contributed by atoms with E-state index in [4.69, 9.17) is 9.47 Å². The molecule has 0 aromatic carbocycles. The normalized spacial score (nSPS) is 24.2. The molecule has 13 heteroatoms. The van der Waals surface area contributed by atoms with Gasteiger partial charge in [0.1, 0.15) is 29.5 Å². The van der Waals surface area contributed by atoms with Crippen LogP contribution in [0.3, 0.4) is 0 Å². The van der Waals surface area contributed by atoms with Gasteiger partial charge in [-0.1, -0.05) is 0 Å². The number of alkyl carbamates (subject to hydrolysis) is 1. The number of hydrogen-bond acceptors (Lipinski definition) is 9.